The van der Waals surface area contributed by atoms with Gasteiger partial charge in [-0.3, -0.25) is 4.90 Å². The van der Waals surface area contributed by atoms with Crippen molar-refractivity contribution in [1.82, 2.24) is 10.2 Å². The van der Waals surface area contributed by atoms with E-state index >= 15 is 0 Å². The molecular formula is C23H28N2O2. The number of nitrogens with zero attached hydrogens (tertiary/aromatic N) is 1. The van der Waals surface area contributed by atoms with Crippen molar-refractivity contribution in [3.8, 4) is 0 Å². The number of benzene rings is 2. The minimum absolute atomic E-state index is 0.275. The first-order chi connectivity index (χ1) is 13.2. The van der Waals surface area contributed by atoms with E-state index in [1.165, 1.54) is 31.1 Å². The van der Waals surface area contributed by atoms with Crippen molar-refractivity contribution in [3.05, 3.63) is 71.3 Å². The van der Waals surface area contributed by atoms with Gasteiger partial charge in [0.25, 0.3) is 0 Å². The molecule has 1 aliphatic carbocycles. The summed E-state index contributed by atoms with van der Waals surface area (Å²) in [6.07, 6.45) is 2.53. The van der Waals surface area contributed by atoms with Crippen LogP contribution in [-0.4, -0.2) is 43.7 Å². The van der Waals surface area contributed by atoms with E-state index in [9.17, 15) is 4.79 Å². The molecule has 0 aromatic heterocycles. The Bertz CT molecular complexity index is 760. The van der Waals surface area contributed by atoms with Crippen LogP contribution in [0.3, 0.4) is 0 Å². The third-order valence-corrected chi connectivity index (χ3v) is 5.84. The number of carbonyl (C=O) groups is 1. The molecule has 1 heterocycles. The lowest BCUT2D eigenvalue weighted by molar-refractivity contribution is 0.0600. The highest BCUT2D eigenvalue weighted by molar-refractivity contribution is 5.89. The zero-order valence-corrected chi connectivity index (χ0v) is 15.9. The van der Waals surface area contributed by atoms with Crippen molar-refractivity contribution in [3.63, 3.8) is 0 Å². The number of hydrogen-bond donors (Lipinski definition) is 1. The number of likely N-dealkylation sites (tertiary alicyclic amines) is 1. The Balaban J connectivity index is 1.20. The van der Waals surface area contributed by atoms with Crippen LogP contribution in [0.15, 0.2) is 54.6 Å². The molecule has 1 aliphatic heterocycles. The predicted octanol–water partition coefficient (Wildman–Crippen LogP) is 3.44. The maximum atomic E-state index is 11.5. The molecule has 2 aromatic rings. The van der Waals surface area contributed by atoms with Gasteiger partial charge in [0.05, 0.1) is 12.7 Å². The van der Waals surface area contributed by atoms with Gasteiger partial charge in [0.1, 0.15) is 0 Å². The normalized spacial score (nSPS) is 24.7. The van der Waals surface area contributed by atoms with Crippen LogP contribution in [0.2, 0.25) is 0 Å². The summed E-state index contributed by atoms with van der Waals surface area (Å²) in [4.78, 5) is 14.0. The number of carbonyl (C=O) groups excluding carboxylic acids is 1. The minimum atomic E-state index is -0.275. The second-order valence-electron chi connectivity index (χ2n) is 7.85. The SMILES string of the molecule is COC(=O)c1ccc(CN2CCC(CNC3CC3c3ccccc3)C2)cc1. The fourth-order valence-corrected chi connectivity index (χ4v) is 4.15. The predicted molar refractivity (Wildman–Crippen MR) is 107 cm³/mol. The fraction of sp³-hybridized carbons (Fsp3) is 0.435. The van der Waals surface area contributed by atoms with Crippen molar-refractivity contribution >= 4 is 5.97 Å². The molecule has 2 aliphatic rings. The standard InChI is InChI=1S/C23H28N2O2/c1-27-23(26)20-9-7-17(8-10-20)15-25-12-11-18(16-25)14-24-22-13-21(22)19-5-3-2-4-6-19/h2-10,18,21-22,24H,11-16H2,1H3. The zero-order valence-electron chi connectivity index (χ0n) is 15.9. The van der Waals surface area contributed by atoms with Gasteiger partial charge in [-0.05, 0) is 55.1 Å². The second-order valence-corrected chi connectivity index (χ2v) is 7.85. The summed E-state index contributed by atoms with van der Waals surface area (Å²) in [6.45, 7) is 4.37. The summed E-state index contributed by atoms with van der Waals surface area (Å²) in [7, 11) is 1.42. The van der Waals surface area contributed by atoms with Crippen LogP contribution in [0.1, 0.15) is 40.2 Å². The van der Waals surface area contributed by atoms with Gasteiger partial charge in [0.15, 0.2) is 0 Å². The first kappa shape index (κ1) is 18.2. The Kier molecular flexibility index (Phi) is 5.55. The van der Waals surface area contributed by atoms with Crippen LogP contribution in [0.5, 0.6) is 0 Å². The maximum absolute atomic E-state index is 11.5. The molecule has 142 valence electrons. The number of rotatable bonds is 7. The molecule has 3 unspecified atom stereocenters. The minimum Gasteiger partial charge on any atom is -0.465 e. The smallest absolute Gasteiger partial charge is 0.337 e. The monoisotopic (exact) mass is 364 g/mol. The first-order valence-electron chi connectivity index (χ1n) is 9.91. The molecule has 1 saturated carbocycles. The van der Waals surface area contributed by atoms with Crippen LogP contribution in [0.25, 0.3) is 0 Å². The Hall–Kier alpha value is -2.17. The van der Waals surface area contributed by atoms with E-state index in [0.29, 0.717) is 17.5 Å². The Morgan fingerprint density at radius 3 is 2.67 bits per heavy atom. The van der Waals surface area contributed by atoms with Gasteiger partial charge < -0.3 is 10.1 Å². The molecule has 4 heteroatoms. The third kappa shape index (κ3) is 4.57. The van der Waals surface area contributed by atoms with Crippen molar-refractivity contribution in [1.29, 1.82) is 0 Å². The molecule has 27 heavy (non-hydrogen) atoms. The molecule has 1 N–H and O–H groups in total. The summed E-state index contributed by atoms with van der Waals surface area (Å²) in [5.41, 5.74) is 3.34. The van der Waals surface area contributed by atoms with Gasteiger partial charge in [-0.1, -0.05) is 42.5 Å². The van der Waals surface area contributed by atoms with Crippen LogP contribution in [-0.2, 0) is 11.3 Å². The summed E-state index contributed by atoms with van der Waals surface area (Å²) in [6, 6.07) is 19.3. The lowest BCUT2D eigenvalue weighted by Gasteiger charge is -2.16. The van der Waals surface area contributed by atoms with E-state index < -0.39 is 0 Å². The summed E-state index contributed by atoms with van der Waals surface area (Å²) < 4.78 is 4.75. The second kappa shape index (κ2) is 8.24. The fourth-order valence-electron chi connectivity index (χ4n) is 4.15. The van der Waals surface area contributed by atoms with Crippen molar-refractivity contribution < 1.29 is 9.53 Å². The van der Waals surface area contributed by atoms with Crippen molar-refractivity contribution in [2.24, 2.45) is 5.92 Å². The Morgan fingerprint density at radius 1 is 1.15 bits per heavy atom. The van der Waals surface area contributed by atoms with Gasteiger partial charge in [-0.25, -0.2) is 4.79 Å². The lowest BCUT2D eigenvalue weighted by atomic mass is 10.1. The molecule has 2 aromatic carbocycles. The summed E-state index contributed by atoms with van der Waals surface area (Å²) >= 11 is 0. The quantitative estimate of drug-likeness (QED) is 0.764. The summed E-state index contributed by atoms with van der Waals surface area (Å²) in [5.74, 6) is 1.16. The maximum Gasteiger partial charge on any atom is 0.337 e. The molecule has 3 atom stereocenters. The third-order valence-electron chi connectivity index (χ3n) is 5.84. The van der Waals surface area contributed by atoms with E-state index in [1.54, 1.807) is 0 Å². The van der Waals surface area contributed by atoms with Crippen LogP contribution in [0, 0.1) is 5.92 Å². The molecule has 4 nitrogen and oxygen atoms in total. The molecular weight excluding hydrogens is 336 g/mol. The first-order valence-corrected chi connectivity index (χ1v) is 9.91. The van der Waals surface area contributed by atoms with Gasteiger partial charge >= 0.3 is 5.97 Å². The highest BCUT2D eigenvalue weighted by Gasteiger charge is 2.38. The van der Waals surface area contributed by atoms with Gasteiger partial charge in [0.2, 0.25) is 0 Å². The zero-order chi connectivity index (χ0) is 18.6. The number of hydrogen-bond acceptors (Lipinski definition) is 4. The Morgan fingerprint density at radius 2 is 1.93 bits per heavy atom. The van der Waals surface area contributed by atoms with Crippen LogP contribution in [0.4, 0.5) is 0 Å². The average Bonchev–Trinajstić information content (AvgIpc) is 3.37. The largest absolute Gasteiger partial charge is 0.465 e. The highest BCUT2D eigenvalue weighted by Crippen LogP contribution is 2.40. The molecule has 2 fully saturated rings. The van der Waals surface area contributed by atoms with Gasteiger partial charge in [-0.15, -0.1) is 0 Å². The Labute approximate surface area is 161 Å². The van der Waals surface area contributed by atoms with E-state index in [2.05, 4.69) is 40.5 Å². The van der Waals surface area contributed by atoms with E-state index in [0.717, 1.165) is 32.1 Å². The van der Waals surface area contributed by atoms with Gasteiger partial charge in [0, 0.05) is 25.0 Å². The molecule has 0 amide bonds. The summed E-state index contributed by atoms with van der Waals surface area (Å²) in [5, 5.41) is 3.78. The van der Waals surface area contributed by atoms with Crippen LogP contribution >= 0.6 is 0 Å². The number of nitrogens with one attached hydrogen (secondary N) is 1. The number of ether oxygens (including phenoxy) is 1. The van der Waals surface area contributed by atoms with Crippen molar-refractivity contribution in [2.75, 3.05) is 26.7 Å². The number of esters is 1. The lowest BCUT2D eigenvalue weighted by Crippen LogP contribution is -2.28. The topological polar surface area (TPSA) is 41.6 Å². The highest BCUT2D eigenvalue weighted by atomic mass is 16.5. The molecule has 4 rings (SSSR count). The molecule has 0 spiro atoms. The van der Waals surface area contributed by atoms with Crippen LogP contribution < -0.4 is 5.32 Å². The van der Waals surface area contributed by atoms with E-state index in [4.69, 9.17) is 4.74 Å². The van der Waals surface area contributed by atoms with E-state index in [-0.39, 0.29) is 5.97 Å². The number of methoxy groups -OCH3 is 1. The van der Waals surface area contributed by atoms with Crippen molar-refractivity contribution in [2.45, 2.75) is 31.3 Å². The molecule has 0 bridgehead atoms. The molecule has 1 saturated heterocycles. The average molecular weight is 364 g/mol. The van der Waals surface area contributed by atoms with E-state index in [1.807, 2.05) is 24.3 Å². The molecule has 0 radical (unpaired) electrons. The van der Waals surface area contributed by atoms with Gasteiger partial charge in [-0.2, -0.15) is 0 Å².